The Labute approximate surface area is 536 Å². The smallest absolute Gasteiger partial charge is 0.285 e. The number of benzene rings is 4. The molecule has 0 radical (unpaired) electrons. The number of hydrazone groups is 3. The van der Waals surface area contributed by atoms with Crippen molar-refractivity contribution in [2.75, 3.05) is 80.6 Å². The van der Waals surface area contributed by atoms with Crippen LogP contribution in [0.5, 0.6) is 34.5 Å². The van der Waals surface area contributed by atoms with Crippen LogP contribution in [0.3, 0.4) is 0 Å². The van der Waals surface area contributed by atoms with Gasteiger partial charge in [-0.3, -0.25) is 48.9 Å². The molecule has 4 aliphatic rings. The fourth-order valence-corrected chi connectivity index (χ4v) is 9.36. The summed E-state index contributed by atoms with van der Waals surface area (Å²) < 4.78 is 34.5. The van der Waals surface area contributed by atoms with Gasteiger partial charge in [-0.25, -0.2) is 20.9 Å². The third-order valence-corrected chi connectivity index (χ3v) is 13.9. The van der Waals surface area contributed by atoms with Gasteiger partial charge in [-0.15, -0.1) is 5.06 Å². The predicted octanol–water partition coefficient (Wildman–Crippen LogP) is 5.98. The van der Waals surface area contributed by atoms with Gasteiger partial charge in [0.25, 0.3) is 29.5 Å². The molecular formula is C65H75N11O17+2. The number of methoxy groups -OCH3 is 3. The SMILES string of the molecule is CCOc1cc(C2=NN(C(=O)CO/N=C/c3cc[n+](O)cc3)CCC2)ccc1OC.CCOc1cc(C2=NN(C(=O)CON)CCC2)ccc1OC.CCOc1cc(C2=NN(C(=O)CON3C(=O)c4ccccc4C3=O)CCC2)ccc1OC.O=Cc1cc[n+](O)cc1. The maximum Gasteiger partial charge on any atom is 0.285 e. The average molecular weight is 1280 g/mol. The van der Waals surface area contributed by atoms with Gasteiger partial charge in [-0.1, -0.05) is 17.3 Å². The van der Waals surface area contributed by atoms with Crippen molar-refractivity contribution in [2.24, 2.45) is 26.4 Å². The number of hydrogen-bond acceptors (Lipinski definition) is 22. The molecule has 6 aromatic rings. The molecule has 28 heteroatoms. The highest BCUT2D eigenvalue weighted by molar-refractivity contribution is 6.20. The largest absolute Gasteiger partial charge is 0.493 e. The number of nitrogens with two attached hydrogens (primary N) is 1. The number of hydrogen-bond donors (Lipinski definition) is 3. The number of fused-ring (bicyclic) bond motifs is 1. The zero-order valence-corrected chi connectivity index (χ0v) is 52.5. The summed E-state index contributed by atoms with van der Waals surface area (Å²) in [5.41, 5.74) is 6.80. The molecule has 10 rings (SSSR count). The predicted molar refractivity (Wildman–Crippen MR) is 335 cm³/mol. The molecule has 0 bridgehead atoms. The van der Waals surface area contributed by atoms with Crippen LogP contribution in [0.25, 0.3) is 0 Å². The normalized spacial score (nSPS) is 14.1. The Morgan fingerprint density at radius 3 is 1.28 bits per heavy atom. The molecule has 0 saturated carbocycles. The number of amides is 5. The van der Waals surface area contributed by atoms with E-state index in [4.69, 9.17) is 49.2 Å². The molecule has 490 valence electrons. The van der Waals surface area contributed by atoms with Gasteiger partial charge in [0, 0.05) is 81.2 Å². The lowest BCUT2D eigenvalue weighted by molar-refractivity contribution is -0.904. The molecule has 4 N–H and O–H groups in total. The summed E-state index contributed by atoms with van der Waals surface area (Å²) in [7, 11) is 4.77. The zero-order chi connectivity index (χ0) is 66.7. The molecule has 5 amide bonds. The fraction of sp³-hybridized carbons (Fsp3) is 0.323. The molecule has 6 heterocycles. The second kappa shape index (κ2) is 35.5. The van der Waals surface area contributed by atoms with Crippen molar-refractivity contribution < 1.29 is 91.6 Å². The van der Waals surface area contributed by atoms with Gasteiger partial charge >= 0.3 is 0 Å². The number of ether oxygens (including phenoxy) is 6. The molecule has 0 unspecified atom stereocenters. The summed E-state index contributed by atoms with van der Waals surface area (Å²) in [6, 6.07) is 29.5. The monoisotopic (exact) mass is 1280 g/mol. The Balaban J connectivity index is 0.000000187. The summed E-state index contributed by atoms with van der Waals surface area (Å²) in [6.45, 7) is 7.92. The van der Waals surface area contributed by atoms with Crippen LogP contribution in [0.1, 0.15) is 113 Å². The minimum absolute atomic E-state index is 0.177. The number of aldehydes is 1. The van der Waals surface area contributed by atoms with Gasteiger partial charge in [0.2, 0.25) is 24.8 Å². The van der Waals surface area contributed by atoms with E-state index in [1.807, 2.05) is 69.3 Å². The van der Waals surface area contributed by atoms with Gasteiger partial charge < -0.3 is 33.3 Å². The van der Waals surface area contributed by atoms with Crippen molar-refractivity contribution in [1.82, 2.24) is 20.1 Å². The van der Waals surface area contributed by atoms with Crippen molar-refractivity contribution in [3.8, 4) is 34.5 Å². The maximum atomic E-state index is 12.7. The van der Waals surface area contributed by atoms with Crippen molar-refractivity contribution in [3.05, 3.63) is 167 Å². The summed E-state index contributed by atoms with van der Waals surface area (Å²) in [4.78, 5) is 86.5. The molecule has 4 aromatic carbocycles. The number of oxime groups is 1. The van der Waals surface area contributed by atoms with Crippen LogP contribution < -0.4 is 43.8 Å². The van der Waals surface area contributed by atoms with Crippen molar-refractivity contribution in [2.45, 2.75) is 59.3 Å². The highest BCUT2D eigenvalue weighted by atomic mass is 16.7. The van der Waals surface area contributed by atoms with Crippen LogP contribution in [-0.2, 0) is 28.9 Å². The van der Waals surface area contributed by atoms with E-state index in [9.17, 15) is 34.0 Å². The van der Waals surface area contributed by atoms with Crippen LogP contribution in [0.4, 0.5) is 0 Å². The summed E-state index contributed by atoms with van der Waals surface area (Å²) in [5.74, 6) is 6.67. The zero-order valence-electron chi connectivity index (χ0n) is 52.5. The summed E-state index contributed by atoms with van der Waals surface area (Å²) >= 11 is 0. The van der Waals surface area contributed by atoms with Crippen LogP contribution in [0, 0.1) is 0 Å². The molecule has 0 fully saturated rings. The van der Waals surface area contributed by atoms with Gasteiger partial charge in [0.15, 0.2) is 54.0 Å². The number of rotatable bonds is 22. The van der Waals surface area contributed by atoms with Gasteiger partial charge in [0.1, 0.15) is 6.61 Å². The van der Waals surface area contributed by atoms with Crippen LogP contribution in [0.2, 0.25) is 0 Å². The number of carbonyl (C=O) groups excluding carboxylic acids is 6. The molecular weight excluding hydrogens is 1210 g/mol. The first-order valence-corrected chi connectivity index (χ1v) is 29.7. The fourth-order valence-electron chi connectivity index (χ4n) is 9.36. The van der Waals surface area contributed by atoms with Crippen molar-refractivity contribution in [3.63, 3.8) is 0 Å². The maximum absolute atomic E-state index is 12.7. The molecule has 0 spiro atoms. The Bertz CT molecular complexity index is 3640. The first kappa shape index (κ1) is 69.6. The lowest BCUT2D eigenvalue weighted by Gasteiger charge is -2.24. The quantitative estimate of drug-likeness (QED) is 0.0176. The Hall–Kier alpha value is -10.8. The van der Waals surface area contributed by atoms with E-state index < -0.39 is 24.3 Å². The Morgan fingerprint density at radius 2 is 0.914 bits per heavy atom. The number of pyridine rings is 2. The third-order valence-electron chi connectivity index (χ3n) is 13.9. The van der Waals surface area contributed by atoms with Crippen molar-refractivity contribution >= 4 is 59.2 Å². The average Bonchev–Trinajstić information content (AvgIpc) is 1.84. The van der Waals surface area contributed by atoms with Crippen molar-refractivity contribution in [1.29, 1.82) is 0 Å². The second-order valence-electron chi connectivity index (χ2n) is 20.1. The van der Waals surface area contributed by atoms with E-state index in [-0.39, 0.29) is 36.2 Å². The summed E-state index contributed by atoms with van der Waals surface area (Å²) in [6.07, 6.45) is 12.5. The molecule has 0 atom stereocenters. The summed E-state index contributed by atoms with van der Waals surface area (Å²) in [5, 5.41) is 39.7. The molecule has 28 nitrogen and oxygen atoms in total. The minimum Gasteiger partial charge on any atom is -0.493 e. The second-order valence-corrected chi connectivity index (χ2v) is 20.1. The lowest BCUT2D eigenvalue weighted by atomic mass is 10.0. The lowest BCUT2D eigenvalue weighted by Crippen LogP contribution is -2.38. The van der Waals surface area contributed by atoms with E-state index in [0.717, 1.165) is 80.8 Å². The molecule has 4 aliphatic heterocycles. The van der Waals surface area contributed by atoms with E-state index >= 15 is 0 Å². The highest BCUT2D eigenvalue weighted by Crippen LogP contribution is 2.33. The van der Waals surface area contributed by atoms with Gasteiger partial charge in [0.05, 0.1) is 75.6 Å². The minimum atomic E-state index is -0.581. The molecule has 0 aliphatic carbocycles. The van der Waals surface area contributed by atoms with Gasteiger partial charge in [-0.05, 0) is 126 Å². The van der Waals surface area contributed by atoms with E-state index in [1.165, 1.54) is 58.2 Å². The molecule has 2 aromatic heterocycles. The molecule has 0 saturated heterocycles. The number of imide groups is 1. The number of carbonyl (C=O) groups is 6. The topological polar surface area (TPSA) is 322 Å². The first-order chi connectivity index (χ1) is 45.1. The van der Waals surface area contributed by atoms with E-state index in [2.05, 4.69) is 25.3 Å². The highest BCUT2D eigenvalue weighted by Gasteiger charge is 2.37. The van der Waals surface area contributed by atoms with E-state index in [1.54, 1.807) is 63.8 Å². The Kier molecular flexibility index (Phi) is 26.6. The first-order valence-electron chi connectivity index (χ1n) is 29.7. The number of aromatic nitrogens is 2. The van der Waals surface area contributed by atoms with E-state index in [0.29, 0.717) is 97.4 Å². The van der Waals surface area contributed by atoms with Crippen LogP contribution in [-0.4, -0.2) is 170 Å². The number of nitrogens with zero attached hydrogens (tertiary/aromatic N) is 10. The third kappa shape index (κ3) is 19.6. The van der Waals surface area contributed by atoms with Gasteiger partial charge in [-0.2, -0.15) is 15.3 Å². The Morgan fingerprint density at radius 1 is 0.538 bits per heavy atom. The standard InChI is InChI=1S/C23H23N3O6.C21H25N4O5.C15H21N3O4.C6H6NO2/c1-3-31-20-13-15(10-11-19(20)30-2)18-9-6-12-25(24-18)21(27)14-32-26-22(28)16-7-4-5-8-17(16)23(26)29;1-3-29-20-13-17(6-7-19(20)28-2)18-5-4-10-25(23-18)21(26)15-30-22-14-16-8-11-24(27)12-9-16;1-3-21-14-9-11(6-7-13(14)20-2)12-5-4-8-18(17-12)15(19)10-22-16;8-5-6-1-3-7(9)4-2-6/h4-5,7-8,10-11,13H,3,6,9,12,14H2,1-2H3;6-9,11-14,27H,3-5,10,15H2,1-2H3;6-7,9H,3-5,8,10,16H2,1-2H3;1-5,9H/q;+1;;+1/b;22-14+;;. The number of hydroxylamine groups is 2. The van der Waals surface area contributed by atoms with Crippen LogP contribution in [0.15, 0.2) is 148 Å². The van der Waals surface area contributed by atoms with Crippen LogP contribution >= 0.6 is 0 Å². The molecule has 93 heavy (non-hydrogen) atoms.